The van der Waals surface area contributed by atoms with E-state index >= 15 is 0 Å². The molecule has 1 heterocycles. The van der Waals surface area contributed by atoms with E-state index in [1.807, 2.05) is 35.0 Å². The highest BCUT2D eigenvalue weighted by molar-refractivity contribution is 5.81. The molecular formula is C23H30FN5O. The summed E-state index contributed by atoms with van der Waals surface area (Å²) in [4.78, 5) is 23.1. The molecule has 1 amide bonds. The van der Waals surface area contributed by atoms with E-state index in [0.29, 0.717) is 25.5 Å². The summed E-state index contributed by atoms with van der Waals surface area (Å²) in [5.74, 6) is 0.625. The first kappa shape index (κ1) is 21.6. The Hall–Kier alpha value is -3.09. The van der Waals surface area contributed by atoms with Crippen LogP contribution in [0.2, 0.25) is 0 Å². The molecule has 0 bridgehead atoms. The molecule has 3 rings (SSSR count). The third-order valence-corrected chi connectivity index (χ3v) is 5.28. The molecule has 30 heavy (non-hydrogen) atoms. The van der Waals surface area contributed by atoms with Gasteiger partial charge in [-0.25, -0.2) is 4.39 Å². The van der Waals surface area contributed by atoms with Crippen molar-refractivity contribution in [1.29, 1.82) is 0 Å². The summed E-state index contributed by atoms with van der Waals surface area (Å²) in [5.41, 5.74) is 2.20. The maximum absolute atomic E-state index is 13.1. The van der Waals surface area contributed by atoms with Gasteiger partial charge in [0.25, 0.3) is 0 Å². The summed E-state index contributed by atoms with van der Waals surface area (Å²) in [6.45, 7) is 4.32. The monoisotopic (exact) mass is 411 g/mol. The van der Waals surface area contributed by atoms with Crippen molar-refractivity contribution in [2.75, 3.05) is 51.7 Å². The number of guanidine groups is 1. The fraction of sp³-hybridized carbons (Fsp3) is 0.391. The van der Waals surface area contributed by atoms with Gasteiger partial charge < -0.3 is 20.0 Å². The number of rotatable bonds is 6. The predicted octanol–water partition coefficient (Wildman–Crippen LogP) is 2.57. The number of carbonyl (C=O) groups is 1. The third-order valence-electron chi connectivity index (χ3n) is 5.28. The van der Waals surface area contributed by atoms with Crippen LogP contribution in [0.15, 0.2) is 59.6 Å². The number of hydrogen-bond donors (Lipinski definition) is 1. The first-order chi connectivity index (χ1) is 14.6. The number of anilines is 1. The van der Waals surface area contributed by atoms with Gasteiger partial charge >= 0.3 is 0 Å². The summed E-state index contributed by atoms with van der Waals surface area (Å²) in [6.07, 6.45) is 0.425. The van der Waals surface area contributed by atoms with Gasteiger partial charge in [0.05, 0.1) is 0 Å². The molecule has 1 saturated heterocycles. The van der Waals surface area contributed by atoms with Crippen LogP contribution in [0.5, 0.6) is 0 Å². The zero-order valence-corrected chi connectivity index (χ0v) is 17.7. The summed E-state index contributed by atoms with van der Waals surface area (Å²) in [5, 5.41) is 3.25. The van der Waals surface area contributed by atoms with Gasteiger partial charge in [0.2, 0.25) is 5.91 Å². The van der Waals surface area contributed by atoms with Crippen molar-refractivity contribution in [3.8, 4) is 0 Å². The van der Waals surface area contributed by atoms with Gasteiger partial charge in [0.1, 0.15) is 5.82 Å². The van der Waals surface area contributed by atoms with E-state index in [4.69, 9.17) is 0 Å². The molecule has 0 atom stereocenters. The van der Waals surface area contributed by atoms with Gasteiger partial charge in [-0.1, -0.05) is 30.3 Å². The molecule has 1 N–H and O–H groups in total. The lowest BCUT2D eigenvalue weighted by molar-refractivity contribution is -0.131. The number of benzene rings is 2. The molecule has 6 nitrogen and oxygen atoms in total. The Kier molecular flexibility index (Phi) is 7.65. The van der Waals surface area contributed by atoms with Crippen LogP contribution in [0, 0.1) is 5.82 Å². The second kappa shape index (κ2) is 10.6. The SMILES string of the molecule is CN=C(NCCC(=O)N1CCN(c2ccccc2)CC1)N(C)Cc1ccc(F)cc1. The van der Waals surface area contributed by atoms with Gasteiger partial charge in [-0.2, -0.15) is 0 Å². The molecule has 2 aromatic rings. The lowest BCUT2D eigenvalue weighted by atomic mass is 10.2. The van der Waals surface area contributed by atoms with Crippen molar-refractivity contribution < 1.29 is 9.18 Å². The number of piperazine rings is 1. The van der Waals surface area contributed by atoms with Gasteiger partial charge in [0, 0.05) is 65.5 Å². The van der Waals surface area contributed by atoms with Crippen molar-refractivity contribution >= 4 is 17.6 Å². The van der Waals surface area contributed by atoms with Gasteiger partial charge in [0.15, 0.2) is 5.96 Å². The lowest BCUT2D eigenvalue weighted by Gasteiger charge is -2.36. The molecule has 0 aromatic heterocycles. The second-order valence-corrected chi connectivity index (χ2v) is 7.41. The molecule has 1 aliphatic rings. The molecule has 2 aromatic carbocycles. The lowest BCUT2D eigenvalue weighted by Crippen LogP contribution is -2.49. The van der Waals surface area contributed by atoms with Crippen LogP contribution >= 0.6 is 0 Å². The fourth-order valence-electron chi connectivity index (χ4n) is 3.62. The summed E-state index contributed by atoms with van der Waals surface area (Å²) >= 11 is 0. The molecule has 7 heteroatoms. The van der Waals surface area contributed by atoms with Crippen LogP contribution in [0.1, 0.15) is 12.0 Å². The van der Waals surface area contributed by atoms with E-state index in [2.05, 4.69) is 27.3 Å². The van der Waals surface area contributed by atoms with E-state index in [1.54, 1.807) is 19.2 Å². The molecule has 0 radical (unpaired) electrons. The minimum Gasteiger partial charge on any atom is -0.368 e. The molecule has 1 fully saturated rings. The minimum atomic E-state index is -0.243. The van der Waals surface area contributed by atoms with Crippen molar-refractivity contribution in [3.63, 3.8) is 0 Å². The number of halogens is 1. The molecule has 0 saturated carbocycles. The number of aliphatic imine (C=N–C) groups is 1. The largest absolute Gasteiger partial charge is 0.368 e. The Bertz CT molecular complexity index is 832. The average molecular weight is 412 g/mol. The normalized spacial score (nSPS) is 14.6. The first-order valence-electron chi connectivity index (χ1n) is 10.3. The Morgan fingerprint density at radius 2 is 1.73 bits per heavy atom. The molecule has 160 valence electrons. The average Bonchev–Trinajstić information content (AvgIpc) is 2.78. The van der Waals surface area contributed by atoms with Crippen LogP contribution in [0.4, 0.5) is 10.1 Å². The van der Waals surface area contributed by atoms with E-state index in [0.717, 1.165) is 31.7 Å². The maximum atomic E-state index is 13.1. The number of carbonyl (C=O) groups excluding carboxylic acids is 1. The number of para-hydroxylation sites is 1. The summed E-state index contributed by atoms with van der Waals surface area (Å²) < 4.78 is 13.1. The summed E-state index contributed by atoms with van der Waals surface area (Å²) in [7, 11) is 3.64. The Morgan fingerprint density at radius 3 is 2.37 bits per heavy atom. The van der Waals surface area contributed by atoms with Crippen molar-refractivity contribution in [3.05, 3.63) is 66.0 Å². The van der Waals surface area contributed by atoms with Crippen LogP contribution in [0.25, 0.3) is 0 Å². The molecule has 0 unspecified atom stereocenters. The molecule has 0 spiro atoms. The second-order valence-electron chi connectivity index (χ2n) is 7.41. The van der Waals surface area contributed by atoms with E-state index in [-0.39, 0.29) is 11.7 Å². The highest BCUT2D eigenvalue weighted by atomic mass is 19.1. The van der Waals surface area contributed by atoms with E-state index in [9.17, 15) is 9.18 Å². The minimum absolute atomic E-state index is 0.159. The number of nitrogens with zero attached hydrogens (tertiary/aromatic N) is 4. The van der Waals surface area contributed by atoms with E-state index < -0.39 is 0 Å². The quantitative estimate of drug-likeness (QED) is 0.586. The Morgan fingerprint density at radius 1 is 1.07 bits per heavy atom. The smallest absolute Gasteiger partial charge is 0.224 e. The topological polar surface area (TPSA) is 51.2 Å². The van der Waals surface area contributed by atoms with E-state index in [1.165, 1.54) is 17.8 Å². The van der Waals surface area contributed by atoms with Crippen LogP contribution in [-0.4, -0.2) is 68.5 Å². The van der Waals surface area contributed by atoms with Crippen molar-refractivity contribution in [1.82, 2.24) is 15.1 Å². The molecular weight excluding hydrogens is 381 g/mol. The van der Waals surface area contributed by atoms with Crippen LogP contribution in [0.3, 0.4) is 0 Å². The van der Waals surface area contributed by atoms with Gasteiger partial charge in [-0.3, -0.25) is 9.79 Å². The zero-order valence-electron chi connectivity index (χ0n) is 17.7. The number of hydrogen-bond acceptors (Lipinski definition) is 3. The van der Waals surface area contributed by atoms with Crippen LogP contribution < -0.4 is 10.2 Å². The predicted molar refractivity (Wildman–Crippen MR) is 119 cm³/mol. The van der Waals surface area contributed by atoms with Gasteiger partial charge in [-0.05, 0) is 29.8 Å². The highest BCUT2D eigenvalue weighted by Gasteiger charge is 2.21. The maximum Gasteiger partial charge on any atom is 0.224 e. The van der Waals surface area contributed by atoms with Crippen molar-refractivity contribution in [2.45, 2.75) is 13.0 Å². The fourth-order valence-corrected chi connectivity index (χ4v) is 3.62. The summed E-state index contributed by atoms with van der Waals surface area (Å²) in [6, 6.07) is 16.7. The standard InChI is InChI=1S/C23H30FN5O/c1-25-23(27(2)18-19-8-10-20(24)11-9-19)26-13-12-22(30)29-16-14-28(15-17-29)21-6-4-3-5-7-21/h3-11H,12-18H2,1-2H3,(H,25,26). The van der Waals surface area contributed by atoms with Crippen LogP contribution in [-0.2, 0) is 11.3 Å². The van der Waals surface area contributed by atoms with Crippen molar-refractivity contribution in [2.24, 2.45) is 4.99 Å². The first-order valence-corrected chi connectivity index (χ1v) is 10.3. The third kappa shape index (κ3) is 5.95. The molecule has 1 aliphatic heterocycles. The molecule has 0 aliphatic carbocycles. The highest BCUT2D eigenvalue weighted by Crippen LogP contribution is 2.15. The van der Waals surface area contributed by atoms with Gasteiger partial charge in [-0.15, -0.1) is 0 Å². The number of amides is 1. The zero-order chi connectivity index (χ0) is 21.3. The Labute approximate surface area is 178 Å². The number of nitrogens with one attached hydrogen (secondary N) is 1. The Balaban J connectivity index is 1.40.